The summed E-state index contributed by atoms with van der Waals surface area (Å²) in [4.78, 5) is 11.7. The van der Waals surface area contributed by atoms with E-state index in [1.54, 1.807) is 18.2 Å². The van der Waals surface area contributed by atoms with Crippen LogP contribution in [-0.4, -0.2) is 27.9 Å². The van der Waals surface area contributed by atoms with Gasteiger partial charge in [0.05, 0.1) is 6.61 Å². The summed E-state index contributed by atoms with van der Waals surface area (Å²) in [6, 6.07) is 9.77. The zero-order valence-corrected chi connectivity index (χ0v) is 13.0. The second-order valence-corrected chi connectivity index (χ2v) is 5.41. The number of phenols is 3. The molecule has 5 nitrogen and oxygen atoms in total. The molecule has 0 aliphatic rings. The van der Waals surface area contributed by atoms with Gasteiger partial charge in [0.2, 0.25) is 0 Å². The van der Waals surface area contributed by atoms with Gasteiger partial charge >= 0.3 is 5.97 Å². The summed E-state index contributed by atoms with van der Waals surface area (Å²) < 4.78 is 5.16. The number of hydrogen-bond donors (Lipinski definition) is 3. The zero-order valence-electron chi connectivity index (χ0n) is 13.0. The molecule has 0 amide bonds. The molecule has 0 aliphatic carbocycles. The maximum atomic E-state index is 11.7. The first-order valence-corrected chi connectivity index (χ1v) is 7.40. The Kier molecular flexibility index (Phi) is 5.46. The molecule has 0 aromatic heterocycles. The fraction of sp³-hybridized carbons (Fsp3) is 0.278. The number of aryl methyl sites for hydroxylation is 2. The largest absolute Gasteiger partial charge is 0.508 e. The van der Waals surface area contributed by atoms with Gasteiger partial charge in [-0.2, -0.15) is 0 Å². The SMILES string of the molecule is Cc1cc(CCC(=O)OCCc2ccc(O)c(O)c2)ccc1O. The topological polar surface area (TPSA) is 87.0 Å². The van der Waals surface area contributed by atoms with E-state index >= 15 is 0 Å². The summed E-state index contributed by atoms with van der Waals surface area (Å²) in [5, 5.41) is 28.1. The van der Waals surface area contributed by atoms with Crippen LogP contribution in [-0.2, 0) is 22.4 Å². The molecular weight excluding hydrogens is 296 g/mol. The Morgan fingerprint density at radius 2 is 1.57 bits per heavy atom. The average Bonchev–Trinajstić information content (AvgIpc) is 2.52. The van der Waals surface area contributed by atoms with Gasteiger partial charge in [0.1, 0.15) is 5.75 Å². The van der Waals surface area contributed by atoms with Crippen molar-refractivity contribution in [2.24, 2.45) is 0 Å². The van der Waals surface area contributed by atoms with Crippen LogP contribution < -0.4 is 0 Å². The van der Waals surface area contributed by atoms with Crippen molar-refractivity contribution in [2.75, 3.05) is 6.61 Å². The van der Waals surface area contributed by atoms with Gasteiger partial charge in [0.15, 0.2) is 11.5 Å². The number of aromatic hydroxyl groups is 3. The van der Waals surface area contributed by atoms with Crippen molar-refractivity contribution in [3.63, 3.8) is 0 Å². The minimum atomic E-state index is -0.293. The van der Waals surface area contributed by atoms with Gasteiger partial charge in [0, 0.05) is 12.8 Å². The van der Waals surface area contributed by atoms with E-state index in [0.717, 1.165) is 16.7 Å². The van der Waals surface area contributed by atoms with E-state index in [1.807, 2.05) is 13.0 Å². The van der Waals surface area contributed by atoms with Crippen LogP contribution in [0.5, 0.6) is 17.2 Å². The van der Waals surface area contributed by atoms with Crippen molar-refractivity contribution < 1.29 is 24.9 Å². The third-order valence-corrected chi connectivity index (χ3v) is 3.57. The van der Waals surface area contributed by atoms with Crippen molar-refractivity contribution >= 4 is 5.97 Å². The van der Waals surface area contributed by atoms with Gasteiger partial charge in [-0.1, -0.05) is 18.2 Å². The number of rotatable bonds is 6. The number of esters is 1. The lowest BCUT2D eigenvalue weighted by Crippen LogP contribution is -2.08. The highest BCUT2D eigenvalue weighted by molar-refractivity contribution is 5.69. The van der Waals surface area contributed by atoms with E-state index in [2.05, 4.69) is 0 Å². The third-order valence-electron chi connectivity index (χ3n) is 3.57. The van der Waals surface area contributed by atoms with Crippen LogP contribution in [0, 0.1) is 6.92 Å². The molecule has 23 heavy (non-hydrogen) atoms. The summed E-state index contributed by atoms with van der Waals surface area (Å²) in [7, 11) is 0. The predicted octanol–water partition coefficient (Wildman–Crippen LogP) is 2.83. The van der Waals surface area contributed by atoms with Crippen molar-refractivity contribution in [1.82, 2.24) is 0 Å². The zero-order chi connectivity index (χ0) is 16.8. The molecule has 0 fully saturated rings. The van der Waals surface area contributed by atoms with E-state index in [0.29, 0.717) is 12.8 Å². The molecule has 2 aromatic rings. The van der Waals surface area contributed by atoms with Crippen molar-refractivity contribution in [3.05, 3.63) is 53.1 Å². The number of carbonyl (C=O) groups is 1. The minimum Gasteiger partial charge on any atom is -0.508 e. The van der Waals surface area contributed by atoms with Crippen LogP contribution >= 0.6 is 0 Å². The first-order chi connectivity index (χ1) is 11.0. The smallest absolute Gasteiger partial charge is 0.306 e. The van der Waals surface area contributed by atoms with Crippen LogP contribution in [0.15, 0.2) is 36.4 Å². The molecule has 122 valence electrons. The summed E-state index contributed by atoms with van der Waals surface area (Å²) in [6.45, 7) is 2.03. The lowest BCUT2D eigenvalue weighted by atomic mass is 10.1. The third kappa shape index (κ3) is 4.92. The molecule has 5 heteroatoms. The first-order valence-electron chi connectivity index (χ1n) is 7.40. The van der Waals surface area contributed by atoms with E-state index in [1.165, 1.54) is 12.1 Å². The number of hydrogen-bond acceptors (Lipinski definition) is 5. The molecular formula is C18H20O5. The molecule has 0 bridgehead atoms. The monoisotopic (exact) mass is 316 g/mol. The highest BCUT2D eigenvalue weighted by atomic mass is 16.5. The molecule has 0 atom stereocenters. The standard InChI is InChI=1S/C18H20O5/c1-12-10-13(2-5-15(12)19)4-7-18(22)23-9-8-14-3-6-16(20)17(21)11-14/h2-3,5-6,10-11,19-21H,4,7-9H2,1H3. The van der Waals surface area contributed by atoms with Gasteiger partial charge in [-0.3, -0.25) is 4.79 Å². The normalized spacial score (nSPS) is 10.5. The van der Waals surface area contributed by atoms with Crippen LogP contribution in [0.25, 0.3) is 0 Å². The van der Waals surface area contributed by atoms with E-state index in [-0.39, 0.29) is 36.2 Å². The van der Waals surface area contributed by atoms with Gasteiger partial charge < -0.3 is 20.1 Å². The van der Waals surface area contributed by atoms with E-state index < -0.39 is 0 Å². The highest BCUT2D eigenvalue weighted by Gasteiger charge is 2.06. The van der Waals surface area contributed by atoms with E-state index in [4.69, 9.17) is 4.74 Å². The Hall–Kier alpha value is -2.69. The van der Waals surface area contributed by atoms with Crippen molar-refractivity contribution in [3.8, 4) is 17.2 Å². The van der Waals surface area contributed by atoms with Gasteiger partial charge in [-0.05, 0) is 48.2 Å². The van der Waals surface area contributed by atoms with Crippen molar-refractivity contribution in [1.29, 1.82) is 0 Å². The van der Waals surface area contributed by atoms with Crippen LogP contribution in [0.3, 0.4) is 0 Å². The Bertz CT molecular complexity index is 694. The van der Waals surface area contributed by atoms with Gasteiger partial charge in [-0.15, -0.1) is 0 Å². The van der Waals surface area contributed by atoms with Gasteiger partial charge in [0.25, 0.3) is 0 Å². The molecule has 0 aliphatic heterocycles. The highest BCUT2D eigenvalue weighted by Crippen LogP contribution is 2.25. The van der Waals surface area contributed by atoms with Crippen molar-refractivity contribution in [2.45, 2.75) is 26.2 Å². The summed E-state index contributed by atoms with van der Waals surface area (Å²) in [5.74, 6) is -0.404. The van der Waals surface area contributed by atoms with Gasteiger partial charge in [-0.25, -0.2) is 0 Å². The Morgan fingerprint density at radius 1 is 0.913 bits per heavy atom. The molecule has 3 N–H and O–H groups in total. The molecule has 2 aromatic carbocycles. The number of phenolic OH excluding ortho intramolecular Hbond substituents is 3. The molecule has 0 heterocycles. The first kappa shape index (κ1) is 16.7. The fourth-order valence-corrected chi connectivity index (χ4v) is 2.20. The number of carbonyl (C=O) groups excluding carboxylic acids is 1. The summed E-state index contributed by atoms with van der Waals surface area (Å²) >= 11 is 0. The molecule has 0 saturated carbocycles. The predicted molar refractivity (Wildman–Crippen MR) is 85.6 cm³/mol. The Morgan fingerprint density at radius 3 is 2.22 bits per heavy atom. The maximum Gasteiger partial charge on any atom is 0.306 e. The Balaban J connectivity index is 1.74. The lowest BCUT2D eigenvalue weighted by molar-refractivity contribution is -0.143. The molecule has 0 saturated heterocycles. The van der Waals surface area contributed by atoms with Crippen LogP contribution in [0.2, 0.25) is 0 Å². The van der Waals surface area contributed by atoms with Crippen LogP contribution in [0.1, 0.15) is 23.1 Å². The second kappa shape index (κ2) is 7.54. The average molecular weight is 316 g/mol. The number of benzene rings is 2. The Labute approximate surface area is 134 Å². The summed E-state index contributed by atoms with van der Waals surface area (Å²) in [6.07, 6.45) is 1.29. The number of ether oxygens (including phenoxy) is 1. The lowest BCUT2D eigenvalue weighted by Gasteiger charge is -2.07. The fourth-order valence-electron chi connectivity index (χ4n) is 2.20. The molecule has 2 rings (SSSR count). The van der Waals surface area contributed by atoms with Crippen LogP contribution in [0.4, 0.5) is 0 Å². The molecule has 0 unspecified atom stereocenters. The van der Waals surface area contributed by atoms with E-state index in [9.17, 15) is 20.1 Å². The second-order valence-electron chi connectivity index (χ2n) is 5.41. The maximum absolute atomic E-state index is 11.7. The minimum absolute atomic E-state index is 0.171. The quantitative estimate of drug-likeness (QED) is 0.563. The summed E-state index contributed by atoms with van der Waals surface area (Å²) in [5.41, 5.74) is 2.53. The molecule has 0 radical (unpaired) electrons. The molecule has 0 spiro atoms.